The lowest BCUT2D eigenvalue weighted by Gasteiger charge is -1.94. The first kappa shape index (κ1) is 9.40. The Bertz CT molecular complexity index is 530. The van der Waals surface area contributed by atoms with Crippen LogP contribution < -0.4 is 0 Å². The van der Waals surface area contributed by atoms with Gasteiger partial charge in [-0.3, -0.25) is 0 Å². The lowest BCUT2D eigenvalue weighted by molar-refractivity contribution is 0.867. The number of nitrogens with one attached hydrogen (secondary N) is 1. The SMILES string of the molecule is Cc1cc(Br)cc2[nH]c(C3CC3C)nc12. The summed E-state index contributed by atoms with van der Waals surface area (Å²) in [4.78, 5) is 8.12. The standard InChI is InChI=1S/C12H13BrN2/c1-6-4-9(6)12-14-10-5-8(13)3-7(2)11(10)15-12/h3,5-6,9H,4H2,1-2H3,(H,14,15). The summed E-state index contributed by atoms with van der Waals surface area (Å²) in [5, 5.41) is 0. The molecular formula is C12H13BrN2. The highest BCUT2D eigenvalue weighted by Gasteiger charge is 2.36. The fourth-order valence-corrected chi connectivity index (χ4v) is 2.72. The molecule has 1 aromatic heterocycles. The van der Waals surface area contributed by atoms with Gasteiger partial charge in [0.1, 0.15) is 5.82 Å². The largest absolute Gasteiger partial charge is 0.342 e. The molecule has 1 saturated carbocycles. The van der Waals surface area contributed by atoms with Gasteiger partial charge in [-0.1, -0.05) is 22.9 Å². The van der Waals surface area contributed by atoms with Crippen LogP contribution in [0.15, 0.2) is 16.6 Å². The summed E-state index contributed by atoms with van der Waals surface area (Å²) in [6, 6.07) is 4.22. The normalized spacial score (nSPS) is 24.7. The zero-order valence-electron chi connectivity index (χ0n) is 8.84. The van der Waals surface area contributed by atoms with Crippen molar-refractivity contribution in [2.75, 3.05) is 0 Å². The van der Waals surface area contributed by atoms with Crippen LogP contribution in [0.3, 0.4) is 0 Å². The second kappa shape index (κ2) is 3.08. The quantitative estimate of drug-likeness (QED) is 0.835. The number of nitrogens with zero attached hydrogens (tertiary/aromatic N) is 1. The molecule has 1 aromatic carbocycles. The number of aryl methyl sites for hydroxylation is 1. The minimum atomic E-state index is 0.663. The summed E-state index contributed by atoms with van der Waals surface area (Å²) in [7, 11) is 0. The molecule has 0 aliphatic heterocycles. The van der Waals surface area contributed by atoms with Gasteiger partial charge in [-0.25, -0.2) is 4.98 Å². The van der Waals surface area contributed by atoms with E-state index in [0.717, 1.165) is 21.4 Å². The van der Waals surface area contributed by atoms with Crippen LogP contribution in [0.1, 0.15) is 30.7 Å². The van der Waals surface area contributed by atoms with E-state index in [2.05, 4.69) is 51.9 Å². The van der Waals surface area contributed by atoms with Crippen LogP contribution in [0, 0.1) is 12.8 Å². The van der Waals surface area contributed by atoms with E-state index < -0.39 is 0 Å². The first-order valence-electron chi connectivity index (χ1n) is 5.31. The number of halogens is 1. The minimum absolute atomic E-state index is 0.663. The Balaban J connectivity index is 2.17. The Hall–Kier alpha value is -0.830. The van der Waals surface area contributed by atoms with Gasteiger partial charge in [0.2, 0.25) is 0 Å². The van der Waals surface area contributed by atoms with E-state index in [1.165, 1.54) is 17.8 Å². The molecule has 2 unspecified atom stereocenters. The Morgan fingerprint density at radius 1 is 1.47 bits per heavy atom. The summed E-state index contributed by atoms with van der Waals surface area (Å²) in [5.74, 6) is 2.63. The van der Waals surface area contributed by atoms with Crippen molar-refractivity contribution in [2.24, 2.45) is 5.92 Å². The molecule has 1 N–H and O–H groups in total. The van der Waals surface area contributed by atoms with E-state index in [4.69, 9.17) is 0 Å². The molecule has 2 nitrogen and oxygen atoms in total. The summed E-state index contributed by atoms with van der Waals surface area (Å²) >= 11 is 3.51. The minimum Gasteiger partial charge on any atom is -0.342 e. The van der Waals surface area contributed by atoms with Crippen LogP contribution in [0.4, 0.5) is 0 Å². The van der Waals surface area contributed by atoms with Gasteiger partial charge in [-0.15, -0.1) is 0 Å². The molecule has 1 aliphatic rings. The van der Waals surface area contributed by atoms with Gasteiger partial charge < -0.3 is 4.98 Å². The smallest absolute Gasteiger partial charge is 0.110 e. The molecule has 0 amide bonds. The summed E-state index contributed by atoms with van der Waals surface area (Å²) in [6.45, 7) is 4.38. The predicted octanol–water partition coefficient (Wildman–Crippen LogP) is 3.76. The number of benzene rings is 1. The third-order valence-corrected chi connectivity index (χ3v) is 3.68. The number of hydrogen-bond donors (Lipinski definition) is 1. The fraction of sp³-hybridized carbons (Fsp3) is 0.417. The number of H-pyrrole nitrogens is 1. The van der Waals surface area contributed by atoms with Crippen molar-refractivity contribution in [3.8, 4) is 0 Å². The van der Waals surface area contributed by atoms with E-state index in [0.29, 0.717) is 5.92 Å². The lowest BCUT2D eigenvalue weighted by Crippen LogP contribution is -1.83. The van der Waals surface area contributed by atoms with Crippen molar-refractivity contribution in [2.45, 2.75) is 26.2 Å². The number of rotatable bonds is 1. The highest BCUT2D eigenvalue weighted by Crippen LogP contribution is 2.46. The molecule has 0 spiro atoms. The van der Waals surface area contributed by atoms with E-state index >= 15 is 0 Å². The van der Waals surface area contributed by atoms with E-state index in [1.807, 2.05) is 0 Å². The highest BCUT2D eigenvalue weighted by atomic mass is 79.9. The molecule has 0 bridgehead atoms. The third kappa shape index (κ3) is 1.49. The van der Waals surface area contributed by atoms with Gasteiger partial charge in [-0.2, -0.15) is 0 Å². The molecule has 78 valence electrons. The Morgan fingerprint density at radius 3 is 2.87 bits per heavy atom. The molecular weight excluding hydrogens is 252 g/mol. The van der Waals surface area contributed by atoms with Gasteiger partial charge in [0.25, 0.3) is 0 Å². The highest BCUT2D eigenvalue weighted by molar-refractivity contribution is 9.10. The van der Waals surface area contributed by atoms with E-state index in [-0.39, 0.29) is 0 Å². The molecule has 15 heavy (non-hydrogen) atoms. The van der Waals surface area contributed by atoms with Crippen molar-refractivity contribution >= 4 is 27.0 Å². The molecule has 0 saturated heterocycles. The number of aromatic amines is 1. The predicted molar refractivity (Wildman–Crippen MR) is 65.1 cm³/mol. The number of imidazole rings is 1. The first-order valence-corrected chi connectivity index (χ1v) is 6.10. The van der Waals surface area contributed by atoms with Crippen molar-refractivity contribution in [3.63, 3.8) is 0 Å². The average molecular weight is 265 g/mol. The van der Waals surface area contributed by atoms with E-state index in [9.17, 15) is 0 Å². The van der Waals surface area contributed by atoms with Gasteiger partial charge in [0.05, 0.1) is 11.0 Å². The van der Waals surface area contributed by atoms with Crippen molar-refractivity contribution in [3.05, 3.63) is 28.0 Å². The lowest BCUT2D eigenvalue weighted by atomic mass is 10.2. The van der Waals surface area contributed by atoms with Crippen molar-refractivity contribution < 1.29 is 0 Å². The molecule has 3 heteroatoms. The average Bonchev–Trinajstić information content (AvgIpc) is 2.74. The third-order valence-electron chi connectivity index (χ3n) is 3.22. The number of fused-ring (bicyclic) bond motifs is 1. The maximum absolute atomic E-state index is 4.69. The zero-order valence-corrected chi connectivity index (χ0v) is 10.4. The van der Waals surface area contributed by atoms with Crippen LogP contribution in [0.25, 0.3) is 11.0 Å². The Morgan fingerprint density at radius 2 is 2.20 bits per heavy atom. The van der Waals surface area contributed by atoms with Gasteiger partial charge >= 0.3 is 0 Å². The Kier molecular flexibility index (Phi) is 1.93. The molecule has 2 aromatic rings. The molecule has 1 aliphatic carbocycles. The second-order valence-corrected chi connectivity index (χ2v) is 5.48. The van der Waals surface area contributed by atoms with Crippen LogP contribution >= 0.6 is 15.9 Å². The second-order valence-electron chi connectivity index (χ2n) is 4.56. The molecule has 3 rings (SSSR count). The first-order chi connectivity index (χ1) is 7.15. The molecule has 0 radical (unpaired) electrons. The monoisotopic (exact) mass is 264 g/mol. The number of aromatic nitrogens is 2. The Labute approximate surface area is 97.2 Å². The van der Waals surface area contributed by atoms with Crippen LogP contribution in [-0.4, -0.2) is 9.97 Å². The van der Waals surface area contributed by atoms with Crippen LogP contribution in [0.5, 0.6) is 0 Å². The maximum atomic E-state index is 4.69. The molecule has 1 fully saturated rings. The maximum Gasteiger partial charge on any atom is 0.110 e. The molecule has 2 atom stereocenters. The topological polar surface area (TPSA) is 28.7 Å². The summed E-state index contributed by atoms with van der Waals surface area (Å²) in [6.07, 6.45) is 1.28. The van der Waals surface area contributed by atoms with Crippen LogP contribution in [-0.2, 0) is 0 Å². The molecule has 1 heterocycles. The zero-order chi connectivity index (χ0) is 10.6. The fourth-order valence-electron chi connectivity index (χ4n) is 2.14. The van der Waals surface area contributed by atoms with Crippen molar-refractivity contribution in [1.82, 2.24) is 9.97 Å². The van der Waals surface area contributed by atoms with Gasteiger partial charge in [0, 0.05) is 10.4 Å². The van der Waals surface area contributed by atoms with E-state index in [1.54, 1.807) is 0 Å². The van der Waals surface area contributed by atoms with Crippen LogP contribution in [0.2, 0.25) is 0 Å². The summed E-state index contributed by atoms with van der Waals surface area (Å²) in [5.41, 5.74) is 3.50. The van der Waals surface area contributed by atoms with Crippen molar-refractivity contribution in [1.29, 1.82) is 0 Å². The number of hydrogen-bond acceptors (Lipinski definition) is 1. The van der Waals surface area contributed by atoms with Gasteiger partial charge in [-0.05, 0) is 37.0 Å². The summed E-state index contributed by atoms with van der Waals surface area (Å²) < 4.78 is 1.12. The van der Waals surface area contributed by atoms with Gasteiger partial charge in [0.15, 0.2) is 0 Å².